The Hall–Kier alpha value is -2.89. The number of benzene rings is 1. The molecule has 0 atom stereocenters. The summed E-state index contributed by atoms with van der Waals surface area (Å²) < 4.78 is 5.45. The van der Waals surface area contributed by atoms with Crippen LogP contribution < -0.4 is 15.0 Å². The first kappa shape index (κ1) is 15.0. The van der Waals surface area contributed by atoms with Gasteiger partial charge in [0.2, 0.25) is 0 Å². The van der Waals surface area contributed by atoms with Crippen LogP contribution >= 0.6 is 0 Å². The maximum absolute atomic E-state index is 12.2. The number of pyridine rings is 1. The minimum absolute atomic E-state index is 0.0105. The number of rotatable bonds is 3. The minimum atomic E-state index is -0.230. The smallest absolute Gasteiger partial charge is 0.265 e. The molecule has 1 aliphatic heterocycles. The predicted octanol–water partition coefficient (Wildman–Crippen LogP) is 2.47. The molecule has 2 heterocycles. The van der Waals surface area contributed by atoms with Gasteiger partial charge in [-0.05, 0) is 44.2 Å². The van der Waals surface area contributed by atoms with Crippen molar-refractivity contribution in [3.05, 3.63) is 48.3 Å². The van der Waals surface area contributed by atoms with Crippen LogP contribution in [0, 0.1) is 0 Å². The van der Waals surface area contributed by atoms with Gasteiger partial charge in [-0.15, -0.1) is 0 Å². The molecule has 1 N–H and O–H groups in total. The van der Waals surface area contributed by atoms with Gasteiger partial charge in [0, 0.05) is 29.7 Å². The highest BCUT2D eigenvalue weighted by Gasteiger charge is 2.28. The van der Waals surface area contributed by atoms with Crippen molar-refractivity contribution < 1.29 is 14.3 Å². The number of hydrogen-bond donors (Lipinski definition) is 1. The first-order valence-electron chi connectivity index (χ1n) is 7.36. The number of hydrogen-bond acceptors (Lipinski definition) is 4. The van der Waals surface area contributed by atoms with E-state index in [0.717, 1.165) is 0 Å². The largest absolute Gasteiger partial charge is 0.482 e. The SMILES string of the molecule is CC(C)N1C(=O)COc2ccc(NC(=O)c3ccncc3)cc21. The van der Waals surface area contributed by atoms with E-state index in [1.807, 2.05) is 13.8 Å². The molecule has 118 valence electrons. The van der Waals surface area contributed by atoms with E-state index in [1.165, 1.54) is 0 Å². The van der Waals surface area contributed by atoms with Crippen LogP contribution in [-0.2, 0) is 4.79 Å². The molecule has 6 heteroatoms. The predicted molar refractivity (Wildman–Crippen MR) is 86.7 cm³/mol. The molecule has 0 radical (unpaired) electrons. The van der Waals surface area contributed by atoms with Crippen molar-refractivity contribution in [3.8, 4) is 5.75 Å². The summed E-state index contributed by atoms with van der Waals surface area (Å²) in [5.41, 5.74) is 1.80. The average molecular weight is 311 g/mol. The zero-order chi connectivity index (χ0) is 16.4. The molecule has 2 amide bonds. The molecular formula is C17H17N3O3. The van der Waals surface area contributed by atoms with Crippen LogP contribution in [0.3, 0.4) is 0 Å². The van der Waals surface area contributed by atoms with Crippen molar-refractivity contribution >= 4 is 23.2 Å². The van der Waals surface area contributed by atoms with E-state index in [4.69, 9.17) is 4.74 Å². The lowest BCUT2D eigenvalue weighted by molar-refractivity contribution is -0.121. The minimum Gasteiger partial charge on any atom is -0.482 e. The third kappa shape index (κ3) is 3.01. The van der Waals surface area contributed by atoms with Gasteiger partial charge in [-0.2, -0.15) is 0 Å². The molecule has 0 saturated carbocycles. The van der Waals surface area contributed by atoms with E-state index in [0.29, 0.717) is 22.7 Å². The standard InChI is InChI=1S/C17H17N3O3/c1-11(2)20-14-9-13(3-4-15(14)23-10-16(20)21)19-17(22)12-5-7-18-8-6-12/h3-9,11H,10H2,1-2H3,(H,19,22). The summed E-state index contributed by atoms with van der Waals surface area (Å²) in [6.07, 6.45) is 3.13. The molecule has 1 aliphatic rings. The monoisotopic (exact) mass is 311 g/mol. The Kier molecular flexibility index (Phi) is 3.97. The first-order valence-corrected chi connectivity index (χ1v) is 7.36. The molecule has 2 aromatic rings. The molecule has 23 heavy (non-hydrogen) atoms. The lowest BCUT2D eigenvalue weighted by Crippen LogP contribution is -2.43. The lowest BCUT2D eigenvalue weighted by atomic mass is 10.1. The first-order chi connectivity index (χ1) is 11.1. The molecule has 0 spiro atoms. The van der Waals surface area contributed by atoms with Crippen molar-refractivity contribution in [2.45, 2.75) is 19.9 Å². The number of aromatic nitrogens is 1. The van der Waals surface area contributed by atoms with Crippen molar-refractivity contribution in [2.75, 3.05) is 16.8 Å². The fourth-order valence-electron chi connectivity index (χ4n) is 2.52. The number of nitrogens with zero attached hydrogens (tertiary/aromatic N) is 2. The number of nitrogens with one attached hydrogen (secondary N) is 1. The molecule has 3 rings (SSSR count). The summed E-state index contributed by atoms with van der Waals surface area (Å²) >= 11 is 0. The van der Waals surface area contributed by atoms with Gasteiger partial charge in [0.15, 0.2) is 6.61 Å². The Morgan fingerprint density at radius 3 is 2.70 bits per heavy atom. The summed E-state index contributed by atoms with van der Waals surface area (Å²) in [6, 6.07) is 8.56. The second-order valence-corrected chi connectivity index (χ2v) is 5.52. The van der Waals surface area contributed by atoms with Gasteiger partial charge in [-0.3, -0.25) is 14.6 Å². The molecule has 0 saturated heterocycles. The van der Waals surface area contributed by atoms with Crippen LogP contribution in [-0.4, -0.2) is 29.4 Å². The van der Waals surface area contributed by atoms with Crippen molar-refractivity contribution in [1.29, 1.82) is 0 Å². The fraction of sp³-hybridized carbons (Fsp3) is 0.235. The zero-order valence-corrected chi connectivity index (χ0v) is 12.9. The molecule has 0 fully saturated rings. The zero-order valence-electron chi connectivity index (χ0n) is 12.9. The van der Waals surface area contributed by atoms with Gasteiger partial charge in [0.1, 0.15) is 5.75 Å². The number of carbonyl (C=O) groups excluding carboxylic acids is 2. The third-order valence-corrected chi connectivity index (χ3v) is 3.56. The maximum atomic E-state index is 12.2. The quantitative estimate of drug-likeness (QED) is 0.945. The highest BCUT2D eigenvalue weighted by Crippen LogP contribution is 2.35. The van der Waals surface area contributed by atoms with E-state index < -0.39 is 0 Å². The van der Waals surface area contributed by atoms with Crippen molar-refractivity contribution in [1.82, 2.24) is 4.98 Å². The second kappa shape index (κ2) is 6.08. The van der Waals surface area contributed by atoms with Gasteiger partial charge in [-0.1, -0.05) is 0 Å². The van der Waals surface area contributed by atoms with E-state index in [9.17, 15) is 9.59 Å². The summed E-state index contributed by atoms with van der Waals surface area (Å²) in [4.78, 5) is 29.8. The summed E-state index contributed by atoms with van der Waals surface area (Å²) in [5, 5.41) is 2.82. The Balaban J connectivity index is 1.88. The molecule has 0 aliphatic carbocycles. The Labute approximate surface area is 134 Å². The second-order valence-electron chi connectivity index (χ2n) is 5.52. The number of ether oxygens (including phenoxy) is 1. The third-order valence-electron chi connectivity index (χ3n) is 3.56. The number of fused-ring (bicyclic) bond motifs is 1. The van der Waals surface area contributed by atoms with E-state index in [-0.39, 0.29) is 24.5 Å². The van der Waals surface area contributed by atoms with Crippen LogP contribution in [0.5, 0.6) is 5.75 Å². The number of anilines is 2. The Bertz CT molecular complexity index is 744. The van der Waals surface area contributed by atoms with Gasteiger partial charge < -0.3 is 15.0 Å². The van der Waals surface area contributed by atoms with Gasteiger partial charge in [0.05, 0.1) is 5.69 Å². The fourth-order valence-corrected chi connectivity index (χ4v) is 2.52. The van der Waals surface area contributed by atoms with Crippen molar-refractivity contribution in [2.24, 2.45) is 0 Å². The van der Waals surface area contributed by atoms with Gasteiger partial charge in [-0.25, -0.2) is 0 Å². The lowest BCUT2D eigenvalue weighted by Gasteiger charge is -2.32. The van der Waals surface area contributed by atoms with Gasteiger partial charge >= 0.3 is 0 Å². The Morgan fingerprint density at radius 1 is 1.26 bits per heavy atom. The summed E-state index contributed by atoms with van der Waals surface area (Å²) in [7, 11) is 0. The van der Waals surface area contributed by atoms with Crippen LogP contribution in [0.4, 0.5) is 11.4 Å². The summed E-state index contributed by atoms with van der Waals surface area (Å²) in [6.45, 7) is 3.92. The normalized spacial score (nSPS) is 13.5. The van der Waals surface area contributed by atoms with Crippen molar-refractivity contribution in [3.63, 3.8) is 0 Å². The number of carbonyl (C=O) groups is 2. The highest BCUT2D eigenvalue weighted by molar-refractivity contribution is 6.05. The van der Waals surface area contributed by atoms with Gasteiger partial charge in [0.25, 0.3) is 11.8 Å². The van der Waals surface area contributed by atoms with Crippen LogP contribution in [0.1, 0.15) is 24.2 Å². The van der Waals surface area contributed by atoms with Crippen LogP contribution in [0.15, 0.2) is 42.7 Å². The molecule has 0 unspecified atom stereocenters. The molecule has 1 aromatic heterocycles. The summed E-state index contributed by atoms with van der Waals surface area (Å²) in [5.74, 6) is 0.317. The van der Waals surface area contributed by atoms with E-state index >= 15 is 0 Å². The number of amides is 2. The molecule has 0 bridgehead atoms. The average Bonchev–Trinajstić information content (AvgIpc) is 2.55. The van der Waals surface area contributed by atoms with E-state index in [2.05, 4.69) is 10.3 Å². The van der Waals surface area contributed by atoms with Crippen LogP contribution in [0.25, 0.3) is 0 Å². The topological polar surface area (TPSA) is 71.5 Å². The molecular weight excluding hydrogens is 294 g/mol. The highest BCUT2D eigenvalue weighted by atomic mass is 16.5. The molecule has 1 aromatic carbocycles. The maximum Gasteiger partial charge on any atom is 0.265 e. The van der Waals surface area contributed by atoms with E-state index in [1.54, 1.807) is 47.6 Å². The Morgan fingerprint density at radius 2 is 2.00 bits per heavy atom. The molecule has 6 nitrogen and oxygen atoms in total. The van der Waals surface area contributed by atoms with Crippen LogP contribution in [0.2, 0.25) is 0 Å².